The molecule has 0 spiro atoms. The van der Waals surface area contributed by atoms with Crippen LogP contribution in [0.1, 0.15) is 26.7 Å². The van der Waals surface area contributed by atoms with E-state index in [1.165, 1.54) is 12.8 Å². The molecule has 0 amide bonds. The van der Waals surface area contributed by atoms with Crippen molar-refractivity contribution in [2.45, 2.75) is 45.0 Å². The lowest BCUT2D eigenvalue weighted by Crippen LogP contribution is -2.50. The fourth-order valence-electron chi connectivity index (χ4n) is 5.26. The van der Waals surface area contributed by atoms with E-state index in [-0.39, 0.29) is 6.10 Å². The Balaban J connectivity index is 1.27. The van der Waals surface area contributed by atoms with E-state index in [2.05, 4.69) is 34.0 Å². The van der Waals surface area contributed by atoms with E-state index in [1.54, 1.807) is 0 Å². The van der Waals surface area contributed by atoms with Crippen LogP contribution in [0.25, 0.3) is 0 Å². The Morgan fingerprint density at radius 2 is 1.88 bits per heavy atom. The molecule has 0 radical (unpaired) electrons. The Morgan fingerprint density at radius 3 is 2.52 bits per heavy atom. The van der Waals surface area contributed by atoms with Crippen molar-refractivity contribution in [1.29, 1.82) is 0 Å². The Bertz CT molecular complexity index is 480. The minimum atomic E-state index is 0.255. The molecule has 4 aliphatic rings. The SMILES string of the molecule is CN=C(NCC1CN(CC(C)C)CCO1)N1CC2C3CCC(O3)C2C1. The van der Waals surface area contributed by atoms with Crippen molar-refractivity contribution < 1.29 is 9.47 Å². The minimum Gasteiger partial charge on any atom is -0.374 e. The number of aliphatic imine (C=N–C) groups is 1. The van der Waals surface area contributed by atoms with Gasteiger partial charge in [-0.1, -0.05) is 13.8 Å². The Hall–Kier alpha value is -0.850. The van der Waals surface area contributed by atoms with Gasteiger partial charge in [-0.05, 0) is 18.8 Å². The van der Waals surface area contributed by atoms with Gasteiger partial charge in [-0.2, -0.15) is 0 Å². The second-order valence-corrected chi connectivity index (χ2v) is 8.60. The average Bonchev–Trinajstić information content (AvgIpc) is 3.28. The fraction of sp³-hybridized carbons (Fsp3) is 0.947. The molecule has 5 unspecified atom stereocenters. The van der Waals surface area contributed by atoms with Gasteiger partial charge in [-0.25, -0.2) is 0 Å². The highest BCUT2D eigenvalue weighted by molar-refractivity contribution is 5.80. The van der Waals surface area contributed by atoms with Crippen LogP contribution in [-0.2, 0) is 9.47 Å². The van der Waals surface area contributed by atoms with Gasteiger partial charge in [0.2, 0.25) is 0 Å². The number of morpholine rings is 1. The molecule has 4 saturated heterocycles. The number of likely N-dealkylation sites (tertiary alicyclic amines) is 1. The van der Waals surface area contributed by atoms with Crippen molar-refractivity contribution in [3.05, 3.63) is 0 Å². The molecule has 0 aromatic rings. The van der Waals surface area contributed by atoms with Gasteiger partial charge in [-0.3, -0.25) is 9.89 Å². The highest BCUT2D eigenvalue weighted by atomic mass is 16.5. The van der Waals surface area contributed by atoms with Gasteiger partial charge in [0.15, 0.2) is 5.96 Å². The predicted molar refractivity (Wildman–Crippen MR) is 98.8 cm³/mol. The average molecular weight is 351 g/mol. The number of hydrogen-bond donors (Lipinski definition) is 1. The van der Waals surface area contributed by atoms with Crippen LogP contribution < -0.4 is 5.32 Å². The topological polar surface area (TPSA) is 49.3 Å². The number of guanidine groups is 1. The predicted octanol–water partition coefficient (Wildman–Crippen LogP) is 1.03. The van der Waals surface area contributed by atoms with Crippen LogP contribution >= 0.6 is 0 Å². The molecule has 4 aliphatic heterocycles. The number of nitrogens with zero attached hydrogens (tertiary/aromatic N) is 3. The van der Waals surface area contributed by atoms with Crippen LogP contribution in [0.5, 0.6) is 0 Å². The lowest BCUT2D eigenvalue weighted by atomic mass is 9.82. The number of rotatable bonds is 4. The molecule has 4 heterocycles. The van der Waals surface area contributed by atoms with Gasteiger partial charge >= 0.3 is 0 Å². The summed E-state index contributed by atoms with van der Waals surface area (Å²) in [6, 6.07) is 0. The summed E-state index contributed by atoms with van der Waals surface area (Å²) in [6.07, 6.45) is 3.78. The molecular formula is C19H34N4O2. The summed E-state index contributed by atoms with van der Waals surface area (Å²) in [5, 5.41) is 3.58. The molecule has 0 aliphatic carbocycles. The van der Waals surface area contributed by atoms with E-state index in [0.717, 1.165) is 51.8 Å². The molecule has 0 aromatic heterocycles. The Kier molecular flexibility index (Phi) is 5.20. The second kappa shape index (κ2) is 7.41. The van der Waals surface area contributed by atoms with Gasteiger partial charge in [-0.15, -0.1) is 0 Å². The van der Waals surface area contributed by atoms with E-state index in [9.17, 15) is 0 Å². The summed E-state index contributed by atoms with van der Waals surface area (Å²) in [7, 11) is 1.90. The first kappa shape index (κ1) is 17.6. The van der Waals surface area contributed by atoms with Gasteiger partial charge in [0.05, 0.1) is 24.9 Å². The van der Waals surface area contributed by atoms with Crippen LogP contribution in [0.15, 0.2) is 4.99 Å². The third kappa shape index (κ3) is 3.67. The molecule has 4 fully saturated rings. The molecule has 6 heteroatoms. The maximum absolute atomic E-state index is 6.09. The summed E-state index contributed by atoms with van der Waals surface area (Å²) < 4.78 is 12.1. The van der Waals surface area contributed by atoms with E-state index >= 15 is 0 Å². The number of nitrogens with one attached hydrogen (secondary N) is 1. The molecule has 6 nitrogen and oxygen atoms in total. The molecule has 5 atom stereocenters. The smallest absolute Gasteiger partial charge is 0.193 e. The largest absolute Gasteiger partial charge is 0.374 e. The minimum absolute atomic E-state index is 0.255. The first-order valence-electron chi connectivity index (χ1n) is 10.1. The maximum atomic E-state index is 6.09. The van der Waals surface area contributed by atoms with Gasteiger partial charge in [0, 0.05) is 58.2 Å². The summed E-state index contributed by atoms with van der Waals surface area (Å²) >= 11 is 0. The number of fused-ring (bicyclic) bond motifs is 5. The van der Waals surface area contributed by atoms with Crippen LogP contribution in [0, 0.1) is 17.8 Å². The van der Waals surface area contributed by atoms with Crippen molar-refractivity contribution in [1.82, 2.24) is 15.1 Å². The normalized spacial score (nSPS) is 38.6. The van der Waals surface area contributed by atoms with Crippen molar-refractivity contribution in [3.8, 4) is 0 Å². The fourth-order valence-corrected chi connectivity index (χ4v) is 5.26. The lowest BCUT2D eigenvalue weighted by molar-refractivity contribution is -0.0286. The monoisotopic (exact) mass is 350 g/mol. The molecule has 25 heavy (non-hydrogen) atoms. The summed E-state index contributed by atoms with van der Waals surface area (Å²) in [6.45, 7) is 11.7. The first-order chi connectivity index (χ1) is 12.1. The second-order valence-electron chi connectivity index (χ2n) is 8.60. The third-order valence-electron chi connectivity index (χ3n) is 6.30. The first-order valence-corrected chi connectivity index (χ1v) is 10.1. The Labute approximate surface area is 151 Å². The summed E-state index contributed by atoms with van der Waals surface area (Å²) in [5.74, 6) is 3.17. The van der Waals surface area contributed by atoms with Crippen LogP contribution in [0.4, 0.5) is 0 Å². The van der Waals surface area contributed by atoms with Crippen molar-refractivity contribution in [2.24, 2.45) is 22.7 Å². The molecule has 0 aromatic carbocycles. The van der Waals surface area contributed by atoms with Crippen molar-refractivity contribution in [2.75, 3.05) is 52.9 Å². The van der Waals surface area contributed by atoms with Crippen molar-refractivity contribution >= 4 is 5.96 Å². The van der Waals surface area contributed by atoms with Crippen LogP contribution in [0.3, 0.4) is 0 Å². The molecule has 4 rings (SSSR count). The highest BCUT2D eigenvalue weighted by Gasteiger charge is 2.53. The zero-order valence-electron chi connectivity index (χ0n) is 16.0. The number of ether oxygens (including phenoxy) is 2. The van der Waals surface area contributed by atoms with E-state index in [0.29, 0.717) is 30.0 Å². The van der Waals surface area contributed by atoms with Gasteiger partial charge in [0.1, 0.15) is 0 Å². The number of hydrogen-bond acceptors (Lipinski definition) is 4. The molecule has 1 N–H and O–H groups in total. The van der Waals surface area contributed by atoms with Crippen LogP contribution in [-0.4, -0.2) is 87.0 Å². The summed E-state index contributed by atoms with van der Waals surface area (Å²) in [5.41, 5.74) is 0. The zero-order valence-corrected chi connectivity index (χ0v) is 16.0. The molecule has 0 saturated carbocycles. The van der Waals surface area contributed by atoms with Crippen LogP contribution in [0.2, 0.25) is 0 Å². The van der Waals surface area contributed by atoms with E-state index in [1.807, 2.05) is 7.05 Å². The standard InChI is InChI=1S/C19H34N4O2/c1-13(2)9-22-6-7-24-14(10-22)8-21-19(20-3)23-11-15-16(12-23)18-5-4-17(15)25-18/h13-18H,4-12H2,1-3H3,(H,20,21). The van der Waals surface area contributed by atoms with E-state index in [4.69, 9.17) is 9.47 Å². The molecule has 2 bridgehead atoms. The maximum Gasteiger partial charge on any atom is 0.193 e. The van der Waals surface area contributed by atoms with E-state index < -0.39 is 0 Å². The molecular weight excluding hydrogens is 316 g/mol. The highest BCUT2D eigenvalue weighted by Crippen LogP contribution is 2.47. The zero-order chi connectivity index (χ0) is 17.4. The van der Waals surface area contributed by atoms with Gasteiger partial charge in [0.25, 0.3) is 0 Å². The van der Waals surface area contributed by atoms with Crippen molar-refractivity contribution in [3.63, 3.8) is 0 Å². The quantitative estimate of drug-likeness (QED) is 0.606. The molecule has 142 valence electrons. The third-order valence-corrected chi connectivity index (χ3v) is 6.30. The summed E-state index contributed by atoms with van der Waals surface area (Å²) in [4.78, 5) is 9.51. The Morgan fingerprint density at radius 1 is 1.16 bits per heavy atom. The van der Waals surface area contributed by atoms with Gasteiger partial charge < -0.3 is 19.7 Å². The lowest BCUT2D eigenvalue weighted by Gasteiger charge is -2.34.